The topological polar surface area (TPSA) is 81.6 Å². The first-order valence-corrected chi connectivity index (χ1v) is 6.64. The smallest absolute Gasteiger partial charge is 0.267 e. The number of nitrogens with zero attached hydrogens (tertiary/aromatic N) is 1. The number of carbonyl (C=O) groups excluding carboxylic acids is 1. The standard InChI is InChI=1S/C14H21N3O2/c1-3-10(7-15)8-17-12-6-11(16)4-5-13(12)19-9(2)14(17)18/h4-6,9-10H,3,7-8,15-16H2,1-2H3. The van der Waals surface area contributed by atoms with Crippen molar-refractivity contribution in [2.75, 3.05) is 23.7 Å². The number of hydrogen-bond acceptors (Lipinski definition) is 4. The molecule has 0 saturated carbocycles. The molecule has 19 heavy (non-hydrogen) atoms. The van der Waals surface area contributed by atoms with Gasteiger partial charge in [0.15, 0.2) is 6.10 Å². The third kappa shape index (κ3) is 2.66. The summed E-state index contributed by atoms with van der Waals surface area (Å²) >= 11 is 0. The SMILES string of the molecule is CCC(CN)CN1C(=O)C(C)Oc2ccc(N)cc21. The summed E-state index contributed by atoms with van der Waals surface area (Å²) in [4.78, 5) is 14.0. The highest BCUT2D eigenvalue weighted by molar-refractivity contribution is 6.00. The van der Waals surface area contributed by atoms with Crippen LogP contribution in [-0.4, -0.2) is 25.1 Å². The Morgan fingerprint density at radius 2 is 2.21 bits per heavy atom. The Balaban J connectivity index is 2.35. The van der Waals surface area contributed by atoms with E-state index in [2.05, 4.69) is 6.92 Å². The summed E-state index contributed by atoms with van der Waals surface area (Å²) in [6, 6.07) is 5.37. The lowest BCUT2D eigenvalue weighted by molar-refractivity contribution is -0.125. The minimum absolute atomic E-state index is 0.0370. The van der Waals surface area contributed by atoms with E-state index in [4.69, 9.17) is 16.2 Å². The van der Waals surface area contributed by atoms with Gasteiger partial charge < -0.3 is 21.1 Å². The molecule has 0 radical (unpaired) electrons. The normalized spacial score (nSPS) is 19.8. The third-order valence-electron chi connectivity index (χ3n) is 3.54. The number of hydrogen-bond donors (Lipinski definition) is 2. The second-order valence-corrected chi connectivity index (χ2v) is 4.95. The van der Waals surface area contributed by atoms with Crippen molar-refractivity contribution >= 4 is 17.3 Å². The van der Waals surface area contributed by atoms with Crippen LogP contribution < -0.4 is 21.1 Å². The lowest BCUT2D eigenvalue weighted by atomic mass is 10.0. The molecule has 0 spiro atoms. The Morgan fingerprint density at radius 3 is 2.84 bits per heavy atom. The minimum atomic E-state index is -0.466. The molecule has 5 nitrogen and oxygen atoms in total. The second kappa shape index (κ2) is 5.48. The molecule has 4 N–H and O–H groups in total. The number of benzene rings is 1. The van der Waals surface area contributed by atoms with Gasteiger partial charge in [0.2, 0.25) is 0 Å². The summed E-state index contributed by atoms with van der Waals surface area (Å²) in [5.41, 5.74) is 12.9. The fourth-order valence-corrected chi connectivity index (χ4v) is 2.24. The Hall–Kier alpha value is -1.75. The molecule has 2 rings (SSSR count). The number of carbonyl (C=O) groups is 1. The van der Waals surface area contributed by atoms with Crippen LogP contribution in [0.25, 0.3) is 0 Å². The van der Waals surface area contributed by atoms with Gasteiger partial charge in [0.25, 0.3) is 5.91 Å². The summed E-state index contributed by atoms with van der Waals surface area (Å²) in [5.74, 6) is 0.946. The van der Waals surface area contributed by atoms with Crippen LogP contribution in [0.5, 0.6) is 5.75 Å². The van der Waals surface area contributed by atoms with Gasteiger partial charge in [0, 0.05) is 12.2 Å². The summed E-state index contributed by atoms with van der Waals surface area (Å²) in [7, 11) is 0. The number of nitrogens with two attached hydrogens (primary N) is 2. The van der Waals surface area contributed by atoms with Crippen LogP contribution in [0, 0.1) is 5.92 Å². The van der Waals surface area contributed by atoms with Crippen molar-refractivity contribution in [3.8, 4) is 5.75 Å². The molecule has 1 aromatic rings. The molecule has 1 aliphatic heterocycles. The molecule has 2 atom stereocenters. The molecule has 0 aliphatic carbocycles. The average molecular weight is 263 g/mol. The van der Waals surface area contributed by atoms with E-state index >= 15 is 0 Å². The molecule has 5 heteroatoms. The summed E-state index contributed by atoms with van der Waals surface area (Å²) < 4.78 is 5.60. The molecular formula is C14H21N3O2. The molecule has 2 unspecified atom stereocenters. The van der Waals surface area contributed by atoms with Crippen molar-refractivity contribution in [3.63, 3.8) is 0 Å². The molecule has 1 heterocycles. The fourth-order valence-electron chi connectivity index (χ4n) is 2.24. The molecule has 104 valence electrons. The van der Waals surface area contributed by atoms with E-state index < -0.39 is 6.10 Å². The largest absolute Gasteiger partial charge is 0.479 e. The van der Waals surface area contributed by atoms with E-state index in [1.807, 2.05) is 6.07 Å². The van der Waals surface area contributed by atoms with Gasteiger partial charge in [-0.25, -0.2) is 0 Å². The average Bonchev–Trinajstić information content (AvgIpc) is 2.40. The number of fused-ring (bicyclic) bond motifs is 1. The van der Waals surface area contributed by atoms with E-state index in [0.717, 1.165) is 12.1 Å². The monoisotopic (exact) mass is 263 g/mol. The highest BCUT2D eigenvalue weighted by Crippen LogP contribution is 2.36. The van der Waals surface area contributed by atoms with Gasteiger partial charge in [-0.2, -0.15) is 0 Å². The van der Waals surface area contributed by atoms with E-state index in [-0.39, 0.29) is 11.8 Å². The van der Waals surface area contributed by atoms with Crippen LogP contribution in [0.3, 0.4) is 0 Å². The van der Waals surface area contributed by atoms with Crippen molar-refractivity contribution in [3.05, 3.63) is 18.2 Å². The lowest BCUT2D eigenvalue weighted by Crippen LogP contribution is -2.47. The maximum atomic E-state index is 12.3. The summed E-state index contributed by atoms with van der Waals surface area (Å²) in [5, 5.41) is 0. The zero-order valence-electron chi connectivity index (χ0n) is 11.4. The summed E-state index contributed by atoms with van der Waals surface area (Å²) in [6.45, 7) is 5.01. The molecule has 0 fully saturated rings. The van der Waals surface area contributed by atoms with Crippen LogP contribution >= 0.6 is 0 Å². The molecule has 0 bridgehead atoms. The quantitative estimate of drug-likeness (QED) is 0.804. The van der Waals surface area contributed by atoms with Crippen LogP contribution in [-0.2, 0) is 4.79 Å². The zero-order chi connectivity index (χ0) is 14.0. The van der Waals surface area contributed by atoms with E-state index in [0.29, 0.717) is 24.5 Å². The first kappa shape index (κ1) is 13.7. The number of ether oxygens (including phenoxy) is 1. The Morgan fingerprint density at radius 1 is 1.47 bits per heavy atom. The van der Waals surface area contributed by atoms with Gasteiger partial charge in [-0.1, -0.05) is 13.3 Å². The van der Waals surface area contributed by atoms with Crippen molar-refractivity contribution in [1.82, 2.24) is 0 Å². The molecular weight excluding hydrogens is 242 g/mol. The maximum absolute atomic E-state index is 12.3. The van der Waals surface area contributed by atoms with Crippen molar-refractivity contribution in [1.29, 1.82) is 0 Å². The van der Waals surface area contributed by atoms with Gasteiger partial charge in [0.05, 0.1) is 5.69 Å². The van der Waals surface area contributed by atoms with Crippen LogP contribution in [0.15, 0.2) is 18.2 Å². The Bertz CT molecular complexity index is 472. The van der Waals surface area contributed by atoms with Gasteiger partial charge in [-0.15, -0.1) is 0 Å². The molecule has 1 amide bonds. The second-order valence-electron chi connectivity index (χ2n) is 4.95. The highest BCUT2D eigenvalue weighted by atomic mass is 16.5. The Kier molecular flexibility index (Phi) is 3.95. The Labute approximate surface area is 113 Å². The van der Waals surface area contributed by atoms with Gasteiger partial charge in [0.1, 0.15) is 5.75 Å². The van der Waals surface area contributed by atoms with Crippen LogP contribution in [0.1, 0.15) is 20.3 Å². The van der Waals surface area contributed by atoms with Crippen molar-refractivity contribution < 1.29 is 9.53 Å². The van der Waals surface area contributed by atoms with E-state index in [9.17, 15) is 4.79 Å². The molecule has 0 aromatic heterocycles. The van der Waals surface area contributed by atoms with E-state index in [1.54, 1.807) is 24.0 Å². The number of rotatable bonds is 4. The third-order valence-corrected chi connectivity index (χ3v) is 3.54. The zero-order valence-corrected chi connectivity index (χ0v) is 11.4. The van der Waals surface area contributed by atoms with Crippen molar-refractivity contribution in [2.24, 2.45) is 11.7 Å². The van der Waals surface area contributed by atoms with Gasteiger partial charge >= 0.3 is 0 Å². The number of anilines is 2. The fraction of sp³-hybridized carbons (Fsp3) is 0.500. The van der Waals surface area contributed by atoms with Crippen molar-refractivity contribution in [2.45, 2.75) is 26.4 Å². The minimum Gasteiger partial charge on any atom is -0.479 e. The van der Waals surface area contributed by atoms with Gasteiger partial charge in [-0.05, 0) is 37.6 Å². The highest BCUT2D eigenvalue weighted by Gasteiger charge is 2.32. The summed E-state index contributed by atoms with van der Waals surface area (Å²) in [6.07, 6.45) is 0.471. The molecule has 0 saturated heterocycles. The predicted molar refractivity (Wildman–Crippen MR) is 76.1 cm³/mol. The van der Waals surface area contributed by atoms with Crippen LogP contribution in [0.2, 0.25) is 0 Å². The van der Waals surface area contributed by atoms with E-state index in [1.165, 1.54) is 0 Å². The number of amides is 1. The van der Waals surface area contributed by atoms with Crippen LogP contribution in [0.4, 0.5) is 11.4 Å². The number of nitrogen functional groups attached to an aromatic ring is 1. The van der Waals surface area contributed by atoms with Gasteiger partial charge in [-0.3, -0.25) is 4.79 Å². The molecule has 1 aromatic carbocycles. The first-order valence-electron chi connectivity index (χ1n) is 6.64. The first-order chi connectivity index (χ1) is 9.06. The molecule has 1 aliphatic rings. The maximum Gasteiger partial charge on any atom is 0.267 e. The predicted octanol–water partition coefficient (Wildman–Crippen LogP) is 1.37. The lowest BCUT2D eigenvalue weighted by Gasteiger charge is -2.35.